The van der Waals surface area contributed by atoms with Crippen LogP contribution in [0.25, 0.3) is 0 Å². The van der Waals surface area contributed by atoms with Gasteiger partial charge in [0, 0.05) is 22.5 Å². The molecule has 1 atom stereocenters. The molecule has 1 aliphatic heterocycles. The van der Waals surface area contributed by atoms with E-state index in [1.165, 1.54) is 12.8 Å². The van der Waals surface area contributed by atoms with Crippen LogP contribution < -0.4 is 0 Å². The lowest BCUT2D eigenvalue weighted by atomic mass is 9.99. The molecule has 1 heterocycles. The second-order valence-corrected chi connectivity index (χ2v) is 5.70. The van der Waals surface area contributed by atoms with E-state index in [0.29, 0.717) is 0 Å². The van der Waals surface area contributed by atoms with Crippen molar-refractivity contribution in [2.75, 3.05) is 19.6 Å². The number of Topliss-reactive ketones (excluding diaryl/α,β-unsaturated/α-hetero) is 1. The highest BCUT2D eigenvalue weighted by Crippen LogP contribution is 2.17. The molecule has 92 valence electrons. The molecule has 0 amide bonds. The van der Waals surface area contributed by atoms with Gasteiger partial charge in [0.05, 0.1) is 0 Å². The molecule has 0 bridgehead atoms. The van der Waals surface area contributed by atoms with E-state index in [-0.39, 0.29) is 11.7 Å². The van der Waals surface area contributed by atoms with Gasteiger partial charge in [0.1, 0.15) is 0 Å². The van der Waals surface area contributed by atoms with Crippen LogP contribution in [0.4, 0.5) is 0 Å². The van der Waals surface area contributed by atoms with Gasteiger partial charge in [-0.1, -0.05) is 35.0 Å². The van der Waals surface area contributed by atoms with Crippen LogP contribution in [0.1, 0.15) is 30.1 Å². The van der Waals surface area contributed by atoms with Crippen molar-refractivity contribution in [1.29, 1.82) is 0 Å². The van der Waals surface area contributed by atoms with Crippen LogP contribution in [0.2, 0.25) is 0 Å². The highest BCUT2D eigenvalue weighted by molar-refractivity contribution is 9.10. The van der Waals surface area contributed by atoms with Gasteiger partial charge in [-0.2, -0.15) is 0 Å². The van der Waals surface area contributed by atoms with Crippen molar-refractivity contribution < 1.29 is 4.79 Å². The molecule has 1 aromatic carbocycles. The summed E-state index contributed by atoms with van der Waals surface area (Å²) in [7, 11) is 0. The van der Waals surface area contributed by atoms with Crippen molar-refractivity contribution in [2.24, 2.45) is 5.92 Å². The number of ketones is 1. The van der Waals surface area contributed by atoms with Crippen molar-refractivity contribution in [3.8, 4) is 0 Å². The molecule has 0 saturated carbocycles. The summed E-state index contributed by atoms with van der Waals surface area (Å²) in [6.45, 7) is 5.22. The maximum absolute atomic E-state index is 12.2. The minimum absolute atomic E-state index is 0.0856. The molecule has 0 aliphatic carbocycles. The number of halogens is 1. The Morgan fingerprint density at radius 3 is 2.76 bits per heavy atom. The molecule has 1 aromatic rings. The predicted octanol–water partition coefficient (Wildman–Crippen LogP) is 3.36. The number of rotatable bonds is 4. The number of likely N-dealkylation sites (tertiary alicyclic amines) is 1. The van der Waals surface area contributed by atoms with Gasteiger partial charge in [-0.3, -0.25) is 4.79 Å². The van der Waals surface area contributed by atoms with Crippen LogP contribution in [-0.2, 0) is 0 Å². The Labute approximate surface area is 111 Å². The quantitative estimate of drug-likeness (QED) is 0.794. The Bertz CT molecular complexity index is 399. The molecule has 1 aliphatic rings. The topological polar surface area (TPSA) is 20.3 Å². The smallest absolute Gasteiger partial charge is 0.166 e. The molecule has 1 saturated heterocycles. The third kappa shape index (κ3) is 3.39. The van der Waals surface area contributed by atoms with E-state index in [9.17, 15) is 4.79 Å². The van der Waals surface area contributed by atoms with Gasteiger partial charge in [-0.15, -0.1) is 0 Å². The van der Waals surface area contributed by atoms with Crippen LogP contribution in [0.3, 0.4) is 0 Å². The fourth-order valence-electron chi connectivity index (χ4n) is 2.36. The number of carbonyl (C=O) groups excluding carboxylic acids is 1. The first-order chi connectivity index (χ1) is 8.16. The zero-order chi connectivity index (χ0) is 12.3. The minimum Gasteiger partial charge on any atom is -0.303 e. The van der Waals surface area contributed by atoms with Crippen LogP contribution in [0.15, 0.2) is 28.7 Å². The summed E-state index contributed by atoms with van der Waals surface area (Å²) < 4.78 is 0.969. The van der Waals surface area contributed by atoms with Gasteiger partial charge in [0.15, 0.2) is 5.78 Å². The fourth-order valence-corrected chi connectivity index (χ4v) is 2.76. The Balaban J connectivity index is 1.98. The molecule has 0 N–H and O–H groups in total. The zero-order valence-corrected chi connectivity index (χ0v) is 11.7. The van der Waals surface area contributed by atoms with Crippen molar-refractivity contribution in [3.63, 3.8) is 0 Å². The highest BCUT2D eigenvalue weighted by atomic mass is 79.9. The molecule has 2 nitrogen and oxygen atoms in total. The number of hydrogen-bond donors (Lipinski definition) is 0. The van der Waals surface area contributed by atoms with Gasteiger partial charge in [-0.25, -0.2) is 0 Å². The predicted molar refractivity (Wildman–Crippen MR) is 73.3 cm³/mol. The highest BCUT2D eigenvalue weighted by Gasteiger charge is 2.20. The Morgan fingerprint density at radius 1 is 1.41 bits per heavy atom. The molecule has 1 fully saturated rings. The van der Waals surface area contributed by atoms with E-state index in [0.717, 1.165) is 29.7 Å². The summed E-state index contributed by atoms with van der Waals surface area (Å²) in [4.78, 5) is 14.6. The fraction of sp³-hybridized carbons (Fsp3) is 0.500. The van der Waals surface area contributed by atoms with E-state index in [2.05, 4.69) is 20.8 Å². The number of carbonyl (C=O) groups is 1. The third-order valence-corrected chi connectivity index (χ3v) is 3.78. The molecular formula is C14H18BrNO. The largest absolute Gasteiger partial charge is 0.303 e. The van der Waals surface area contributed by atoms with E-state index >= 15 is 0 Å². The van der Waals surface area contributed by atoms with Crippen molar-refractivity contribution >= 4 is 21.7 Å². The van der Waals surface area contributed by atoms with Crippen LogP contribution in [0.5, 0.6) is 0 Å². The second-order valence-electron chi connectivity index (χ2n) is 4.78. The molecular weight excluding hydrogens is 278 g/mol. The Morgan fingerprint density at radius 2 is 2.12 bits per heavy atom. The summed E-state index contributed by atoms with van der Waals surface area (Å²) in [5, 5.41) is 0. The lowest BCUT2D eigenvalue weighted by Crippen LogP contribution is -2.29. The summed E-state index contributed by atoms with van der Waals surface area (Å²) >= 11 is 3.41. The SMILES string of the molecule is CC(CN1CCCC1)C(=O)c1cccc(Br)c1. The zero-order valence-electron chi connectivity index (χ0n) is 10.2. The monoisotopic (exact) mass is 295 g/mol. The van der Waals surface area contributed by atoms with Crippen LogP contribution >= 0.6 is 15.9 Å². The van der Waals surface area contributed by atoms with Crippen LogP contribution in [0, 0.1) is 5.92 Å². The van der Waals surface area contributed by atoms with Crippen LogP contribution in [-0.4, -0.2) is 30.3 Å². The van der Waals surface area contributed by atoms with Gasteiger partial charge in [0.2, 0.25) is 0 Å². The molecule has 2 rings (SSSR count). The lowest BCUT2D eigenvalue weighted by Gasteiger charge is -2.19. The maximum atomic E-state index is 12.2. The minimum atomic E-state index is 0.0856. The molecule has 0 spiro atoms. The maximum Gasteiger partial charge on any atom is 0.166 e. The Hall–Kier alpha value is -0.670. The molecule has 0 radical (unpaired) electrons. The van der Waals surface area contributed by atoms with E-state index < -0.39 is 0 Å². The number of nitrogens with zero attached hydrogens (tertiary/aromatic N) is 1. The average Bonchev–Trinajstić information content (AvgIpc) is 2.80. The van der Waals surface area contributed by atoms with Gasteiger partial charge < -0.3 is 4.90 Å². The molecule has 0 aromatic heterocycles. The molecule has 3 heteroatoms. The lowest BCUT2D eigenvalue weighted by molar-refractivity contribution is 0.0903. The van der Waals surface area contributed by atoms with Gasteiger partial charge in [0.25, 0.3) is 0 Å². The summed E-state index contributed by atoms with van der Waals surface area (Å²) in [5.74, 6) is 0.334. The number of benzene rings is 1. The second kappa shape index (κ2) is 5.78. The molecule has 1 unspecified atom stereocenters. The first-order valence-corrected chi connectivity index (χ1v) is 6.98. The van der Waals surface area contributed by atoms with Crippen molar-refractivity contribution in [1.82, 2.24) is 4.90 Å². The Kier molecular flexibility index (Phi) is 4.35. The van der Waals surface area contributed by atoms with E-state index in [1.54, 1.807) is 0 Å². The van der Waals surface area contributed by atoms with Gasteiger partial charge >= 0.3 is 0 Å². The third-order valence-electron chi connectivity index (χ3n) is 3.29. The normalized spacial score (nSPS) is 18.2. The standard InChI is InChI=1S/C14H18BrNO/c1-11(10-16-7-2-3-8-16)14(17)12-5-4-6-13(15)9-12/h4-6,9,11H,2-3,7-8,10H2,1H3. The van der Waals surface area contributed by atoms with E-state index in [1.807, 2.05) is 31.2 Å². The van der Waals surface area contributed by atoms with Gasteiger partial charge in [-0.05, 0) is 38.1 Å². The molecule has 17 heavy (non-hydrogen) atoms. The first-order valence-electron chi connectivity index (χ1n) is 6.19. The summed E-state index contributed by atoms with van der Waals surface area (Å²) in [6.07, 6.45) is 2.55. The average molecular weight is 296 g/mol. The summed E-state index contributed by atoms with van der Waals surface area (Å²) in [6, 6.07) is 7.66. The van der Waals surface area contributed by atoms with Crippen molar-refractivity contribution in [2.45, 2.75) is 19.8 Å². The summed E-state index contributed by atoms with van der Waals surface area (Å²) in [5.41, 5.74) is 0.811. The van der Waals surface area contributed by atoms with Crippen molar-refractivity contribution in [3.05, 3.63) is 34.3 Å². The first kappa shape index (κ1) is 12.8. The van der Waals surface area contributed by atoms with E-state index in [4.69, 9.17) is 0 Å². The number of hydrogen-bond acceptors (Lipinski definition) is 2.